The molecule has 0 bridgehead atoms. The maximum Gasteiger partial charge on any atom is 0.417 e. The Labute approximate surface area is 156 Å². The van der Waals surface area contributed by atoms with Gasteiger partial charge in [0, 0.05) is 51.3 Å². The molecule has 2 aliphatic rings. The molecule has 1 aromatic carbocycles. The SMILES string of the molecule is CC(=O)N1CCC2(CC1)CN(c1ccc(C#N)c(C(F)(F)F)c1)CC2CO. The summed E-state index contributed by atoms with van der Waals surface area (Å²) >= 11 is 0. The quantitative estimate of drug-likeness (QED) is 0.855. The van der Waals surface area contributed by atoms with Crippen LogP contribution in [0.1, 0.15) is 30.9 Å². The summed E-state index contributed by atoms with van der Waals surface area (Å²) in [5.41, 5.74) is -1.14. The maximum atomic E-state index is 13.3. The number of benzene rings is 1. The van der Waals surface area contributed by atoms with Gasteiger partial charge in [-0.2, -0.15) is 18.4 Å². The lowest BCUT2D eigenvalue weighted by molar-refractivity contribution is -0.137. The molecule has 1 aromatic rings. The van der Waals surface area contributed by atoms with Crippen LogP contribution in [0.4, 0.5) is 18.9 Å². The monoisotopic (exact) mass is 381 g/mol. The number of nitriles is 1. The Kier molecular flexibility index (Phi) is 5.08. The fourth-order valence-electron chi connectivity index (χ4n) is 4.38. The van der Waals surface area contributed by atoms with Crippen molar-refractivity contribution < 1.29 is 23.1 Å². The van der Waals surface area contributed by atoms with Crippen LogP contribution in [0.2, 0.25) is 0 Å². The average molecular weight is 381 g/mol. The maximum absolute atomic E-state index is 13.3. The van der Waals surface area contributed by atoms with Crippen molar-refractivity contribution in [2.45, 2.75) is 25.9 Å². The number of piperidine rings is 1. The van der Waals surface area contributed by atoms with Gasteiger partial charge in [0.25, 0.3) is 0 Å². The zero-order valence-corrected chi connectivity index (χ0v) is 15.1. The van der Waals surface area contributed by atoms with Gasteiger partial charge in [-0.05, 0) is 36.5 Å². The normalized spacial score (nSPS) is 22.1. The topological polar surface area (TPSA) is 67.6 Å². The van der Waals surface area contributed by atoms with Gasteiger partial charge in [-0.1, -0.05) is 0 Å². The van der Waals surface area contributed by atoms with Crippen molar-refractivity contribution in [2.24, 2.45) is 11.3 Å². The van der Waals surface area contributed by atoms with E-state index in [4.69, 9.17) is 5.26 Å². The van der Waals surface area contributed by atoms with Crippen LogP contribution in [0.25, 0.3) is 0 Å². The predicted molar refractivity (Wildman–Crippen MR) is 92.9 cm³/mol. The molecule has 2 heterocycles. The predicted octanol–water partition coefficient (Wildman–Crippen LogP) is 2.63. The number of carbonyl (C=O) groups is 1. The molecule has 0 aliphatic carbocycles. The summed E-state index contributed by atoms with van der Waals surface area (Å²) in [6.07, 6.45) is -3.16. The van der Waals surface area contributed by atoms with Crippen LogP contribution < -0.4 is 4.90 Å². The Morgan fingerprint density at radius 1 is 1.37 bits per heavy atom. The van der Waals surface area contributed by atoms with Gasteiger partial charge in [-0.3, -0.25) is 4.79 Å². The molecule has 1 amide bonds. The molecule has 146 valence electrons. The van der Waals surface area contributed by atoms with Gasteiger partial charge < -0.3 is 14.9 Å². The fourth-order valence-corrected chi connectivity index (χ4v) is 4.38. The molecule has 5 nitrogen and oxygen atoms in total. The minimum Gasteiger partial charge on any atom is -0.396 e. The lowest BCUT2D eigenvalue weighted by Gasteiger charge is -2.42. The lowest BCUT2D eigenvalue weighted by atomic mass is 9.71. The molecule has 8 heteroatoms. The number of likely N-dealkylation sites (tertiary alicyclic amines) is 1. The zero-order chi connectivity index (χ0) is 19.8. The smallest absolute Gasteiger partial charge is 0.396 e. The van der Waals surface area contributed by atoms with E-state index in [2.05, 4.69) is 0 Å². The van der Waals surface area contributed by atoms with Crippen molar-refractivity contribution in [3.05, 3.63) is 29.3 Å². The lowest BCUT2D eigenvalue weighted by Crippen LogP contribution is -2.46. The molecule has 1 unspecified atom stereocenters. The average Bonchev–Trinajstić information content (AvgIpc) is 2.98. The number of amides is 1. The standard InChI is InChI=1S/C19H22F3N3O2/c1-13(27)24-6-4-18(5-7-24)12-25(10-15(18)11-26)16-3-2-14(9-23)17(8-16)19(20,21)22/h2-3,8,15,26H,4-7,10-12H2,1H3. The van der Waals surface area contributed by atoms with E-state index in [9.17, 15) is 23.1 Å². The highest BCUT2D eigenvalue weighted by molar-refractivity contribution is 5.73. The third-order valence-corrected chi connectivity index (χ3v) is 6.03. The first-order chi connectivity index (χ1) is 12.7. The van der Waals surface area contributed by atoms with Crippen LogP contribution in [0.3, 0.4) is 0 Å². The number of nitrogens with zero attached hydrogens (tertiary/aromatic N) is 3. The number of halogens is 3. The summed E-state index contributed by atoms with van der Waals surface area (Å²) in [7, 11) is 0. The van der Waals surface area contributed by atoms with Gasteiger partial charge in [0.05, 0.1) is 17.2 Å². The second-order valence-corrected chi connectivity index (χ2v) is 7.47. The summed E-state index contributed by atoms with van der Waals surface area (Å²) < 4.78 is 39.8. The van der Waals surface area contributed by atoms with Crippen LogP contribution in [0.15, 0.2) is 18.2 Å². The van der Waals surface area contributed by atoms with Gasteiger partial charge >= 0.3 is 6.18 Å². The number of hydrogen-bond donors (Lipinski definition) is 1. The first-order valence-corrected chi connectivity index (χ1v) is 8.93. The Bertz CT molecular complexity index is 764. The molecule has 3 rings (SSSR count). The summed E-state index contributed by atoms with van der Waals surface area (Å²) in [5.74, 6) is -0.0428. The Balaban J connectivity index is 1.86. The van der Waals surface area contributed by atoms with E-state index < -0.39 is 17.3 Å². The summed E-state index contributed by atoms with van der Waals surface area (Å²) in [6.45, 7) is 3.67. The van der Waals surface area contributed by atoms with Crippen LogP contribution in [0, 0.1) is 22.7 Å². The van der Waals surface area contributed by atoms with Gasteiger partial charge in [-0.25, -0.2) is 0 Å². The summed E-state index contributed by atoms with van der Waals surface area (Å²) in [6, 6.07) is 5.36. The van der Waals surface area contributed by atoms with E-state index in [1.165, 1.54) is 19.1 Å². The van der Waals surface area contributed by atoms with Crippen LogP contribution in [-0.2, 0) is 11.0 Å². The van der Waals surface area contributed by atoms with E-state index in [1.807, 2.05) is 4.90 Å². The molecule has 27 heavy (non-hydrogen) atoms. The fraction of sp³-hybridized carbons (Fsp3) is 0.579. The highest BCUT2D eigenvalue weighted by Gasteiger charge is 2.48. The van der Waals surface area contributed by atoms with Crippen molar-refractivity contribution in [1.82, 2.24) is 4.90 Å². The molecular formula is C19H22F3N3O2. The van der Waals surface area contributed by atoms with Crippen LogP contribution in [0.5, 0.6) is 0 Å². The molecule has 1 spiro atoms. The number of aliphatic hydroxyl groups excluding tert-OH is 1. The van der Waals surface area contributed by atoms with Crippen molar-refractivity contribution in [2.75, 3.05) is 37.7 Å². The number of carbonyl (C=O) groups excluding carboxylic acids is 1. The third kappa shape index (κ3) is 3.61. The number of aliphatic hydroxyl groups is 1. The molecule has 1 atom stereocenters. The second kappa shape index (κ2) is 7.04. The first kappa shape index (κ1) is 19.5. The van der Waals surface area contributed by atoms with Crippen molar-refractivity contribution in [1.29, 1.82) is 5.26 Å². The van der Waals surface area contributed by atoms with E-state index >= 15 is 0 Å². The minimum absolute atomic E-state index is 0.0159. The summed E-state index contributed by atoms with van der Waals surface area (Å²) in [4.78, 5) is 15.2. The molecule has 0 saturated carbocycles. The highest BCUT2D eigenvalue weighted by Crippen LogP contribution is 2.46. The number of hydrogen-bond acceptors (Lipinski definition) is 4. The third-order valence-electron chi connectivity index (χ3n) is 6.03. The molecule has 2 fully saturated rings. The van der Waals surface area contributed by atoms with E-state index in [-0.39, 0.29) is 23.8 Å². The molecule has 1 N–H and O–H groups in total. The van der Waals surface area contributed by atoms with Gasteiger partial charge in [0.1, 0.15) is 0 Å². The van der Waals surface area contributed by atoms with E-state index in [1.54, 1.807) is 11.0 Å². The van der Waals surface area contributed by atoms with Gasteiger partial charge in [0.2, 0.25) is 5.91 Å². The minimum atomic E-state index is -4.60. The van der Waals surface area contributed by atoms with Gasteiger partial charge in [0.15, 0.2) is 0 Å². The van der Waals surface area contributed by atoms with E-state index in [0.29, 0.717) is 31.9 Å². The molecule has 0 radical (unpaired) electrons. The molecular weight excluding hydrogens is 359 g/mol. The van der Waals surface area contributed by atoms with Crippen LogP contribution in [-0.4, -0.2) is 48.7 Å². The highest BCUT2D eigenvalue weighted by atomic mass is 19.4. The molecule has 0 aromatic heterocycles. The number of anilines is 1. The zero-order valence-electron chi connectivity index (χ0n) is 15.1. The molecule has 2 saturated heterocycles. The van der Waals surface area contributed by atoms with E-state index in [0.717, 1.165) is 18.9 Å². The largest absolute Gasteiger partial charge is 0.417 e. The first-order valence-electron chi connectivity index (χ1n) is 8.93. The molecule has 2 aliphatic heterocycles. The van der Waals surface area contributed by atoms with Crippen LogP contribution >= 0.6 is 0 Å². The van der Waals surface area contributed by atoms with Crippen molar-refractivity contribution >= 4 is 11.6 Å². The van der Waals surface area contributed by atoms with Gasteiger partial charge in [-0.15, -0.1) is 0 Å². The van der Waals surface area contributed by atoms with Crippen molar-refractivity contribution in [3.63, 3.8) is 0 Å². The second-order valence-electron chi connectivity index (χ2n) is 7.47. The Morgan fingerprint density at radius 3 is 2.56 bits per heavy atom. The Morgan fingerprint density at radius 2 is 2.04 bits per heavy atom. The number of alkyl halides is 3. The van der Waals surface area contributed by atoms with Crippen molar-refractivity contribution in [3.8, 4) is 6.07 Å². The Hall–Kier alpha value is -2.27. The summed E-state index contributed by atoms with van der Waals surface area (Å²) in [5, 5.41) is 18.8. The number of rotatable bonds is 2.